The average molecular weight is 390 g/mol. The number of nitrogens with one attached hydrogen (secondary N) is 2. The molecule has 156 valence electrons. The number of primary amides is 1. The molecule has 1 saturated heterocycles. The predicted octanol–water partition coefficient (Wildman–Crippen LogP) is 1.48. The third-order valence-corrected chi connectivity index (χ3v) is 4.89. The summed E-state index contributed by atoms with van der Waals surface area (Å²) in [5, 5.41) is 6.60. The number of likely N-dealkylation sites (tertiary alicyclic amines) is 1. The summed E-state index contributed by atoms with van der Waals surface area (Å²) in [7, 11) is 1.71. The van der Waals surface area contributed by atoms with E-state index in [0.717, 1.165) is 64.6 Å². The van der Waals surface area contributed by atoms with E-state index in [1.807, 2.05) is 0 Å². The van der Waals surface area contributed by atoms with Gasteiger partial charge >= 0.3 is 0 Å². The van der Waals surface area contributed by atoms with Crippen LogP contribution in [0, 0.1) is 5.92 Å². The number of rotatable bonds is 10. The van der Waals surface area contributed by atoms with Crippen LogP contribution in [0.15, 0.2) is 29.3 Å². The number of methoxy groups -OCH3 is 1. The van der Waals surface area contributed by atoms with Crippen molar-refractivity contribution in [1.29, 1.82) is 0 Å². The van der Waals surface area contributed by atoms with E-state index < -0.39 is 0 Å². The number of aliphatic imine (C=N–C) groups is 1. The van der Waals surface area contributed by atoms with Crippen molar-refractivity contribution in [1.82, 2.24) is 15.5 Å². The van der Waals surface area contributed by atoms with Gasteiger partial charge in [-0.2, -0.15) is 0 Å². The molecule has 2 rings (SSSR count). The first-order chi connectivity index (χ1) is 13.6. The fraction of sp³-hybridized carbons (Fsp3) is 0.619. The van der Waals surface area contributed by atoms with Gasteiger partial charge in [-0.25, -0.2) is 4.99 Å². The topological polar surface area (TPSA) is 92.0 Å². The molecule has 7 heteroatoms. The highest BCUT2D eigenvalue weighted by Crippen LogP contribution is 2.19. The van der Waals surface area contributed by atoms with Gasteiger partial charge in [-0.15, -0.1) is 0 Å². The maximum absolute atomic E-state index is 11.5. The highest BCUT2D eigenvalue weighted by Gasteiger charge is 2.23. The Labute approximate surface area is 168 Å². The highest BCUT2D eigenvalue weighted by atomic mass is 16.5. The molecule has 4 N–H and O–H groups in total. The number of nitrogens with zero attached hydrogens (tertiary/aromatic N) is 2. The van der Waals surface area contributed by atoms with E-state index >= 15 is 0 Å². The quantitative estimate of drug-likeness (QED) is 0.320. The minimum Gasteiger partial charge on any atom is -0.385 e. The van der Waals surface area contributed by atoms with Crippen molar-refractivity contribution in [3.8, 4) is 0 Å². The Balaban J connectivity index is 1.91. The van der Waals surface area contributed by atoms with Gasteiger partial charge in [0.1, 0.15) is 0 Å². The summed E-state index contributed by atoms with van der Waals surface area (Å²) < 4.78 is 5.08. The van der Waals surface area contributed by atoms with Crippen molar-refractivity contribution in [3.05, 3.63) is 35.4 Å². The molecule has 1 atom stereocenters. The summed E-state index contributed by atoms with van der Waals surface area (Å²) >= 11 is 0. The second-order valence-electron chi connectivity index (χ2n) is 7.26. The first-order valence-electron chi connectivity index (χ1n) is 10.2. The molecule has 0 spiro atoms. The van der Waals surface area contributed by atoms with Crippen LogP contribution in [0.5, 0.6) is 0 Å². The molecule has 0 bridgehead atoms. The van der Waals surface area contributed by atoms with Gasteiger partial charge in [0.15, 0.2) is 5.96 Å². The highest BCUT2D eigenvalue weighted by molar-refractivity contribution is 5.79. The molecular formula is C21H35N5O2. The number of hydrogen-bond acceptors (Lipinski definition) is 4. The van der Waals surface area contributed by atoms with E-state index in [-0.39, 0.29) is 11.8 Å². The van der Waals surface area contributed by atoms with Crippen molar-refractivity contribution in [2.24, 2.45) is 16.6 Å². The first-order valence-corrected chi connectivity index (χ1v) is 10.2. The van der Waals surface area contributed by atoms with Crippen molar-refractivity contribution >= 4 is 11.9 Å². The third-order valence-electron chi connectivity index (χ3n) is 4.89. The molecule has 0 saturated carbocycles. The molecule has 1 heterocycles. The van der Waals surface area contributed by atoms with Crippen LogP contribution < -0.4 is 16.4 Å². The van der Waals surface area contributed by atoms with Crippen LogP contribution in [0.2, 0.25) is 0 Å². The number of guanidine groups is 1. The number of carbonyl (C=O) groups excluding carboxylic acids is 1. The molecule has 1 fully saturated rings. The third kappa shape index (κ3) is 7.86. The molecular weight excluding hydrogens is 354 g/mol. The zero-order valence-electron chi connectivity index (χ0n) is 17.2. The van der Waals surface area contributed by atoms with Gasteiger partial charge in [0.25, 0.3) is 0 Å². The minimum atomic E-state index is -0.179. The van der Waals surface area contributed by atoms with E-state index in [9.17, 15) is 4.79 Å². The lowest BCUT2D eigenvalue weighted by Gasteiger charge is -2.31. The zero-order chi connectivity index (χ0) is 20.2. The van der Waals surface area contributed by atoms with Crippen LogP contribution in [-0.2, 0) is 22.6 Å². The Kier molecular flexibility index (Phi) is 9.79. The smallest absolute Gasteiger partial charge is 0.221 e. The van der Waals surface area contributed by atoms with Crippen LogP contribution >= 0.6 is 0 Å². The van der Waals surface area contributed by atoms with Crippen molar-refractivity contribution < 1.29 is 9.53 Å². The molecule has 1 aliphatic rings. The molecule has 1 amide bonds. The maximum atomic E-state index is 11.5. The molecule has 0 aromatic heterocycles. The number of piperidine rings is 1. The van der Waals surface area contributed by atoms with E-state index in [2.05, 4.69) is 51.7 Å². The SMILES string of the molecule is CCNC(=NCc1cccc(CN2CCCC(C(N)=O)C2)c1)NCCCOC. The molecule has 1 aromatic carbocycles. The van der Waals surface area contributed by atoms with Gasteiger partial charge in [-0.3, -0.25) is 9.69 Å². The normalized spacial score (nSPS) is 18.1. The fourth-order valence-corrected chi connectivity index (χ4v) is 3.45. The molecule has 28 heavy (non-hydrogen) atoms. The van der Waals surface area contributed by atoms with Gasteiger partial charge in [0, 0.05) is 39.9 Å². The summed E-state index contributed by atoms with van der Waals surface area (Å²) in [6, 6.07) is 8.51. The molecule has 1 unspecified atom stereocenters. The Morgan fingerprint density at radius 2 is 2.18 bits per heavy atom. The van der Waals surface area contributed by atoms with Crippen LogP contribution in [0.4, 0.5) is 0 Å². The van der Waals surface area contributed by atoms with Crippen molar-refractivity contribution in [3.63, 3.8) is 0 Å². The van der Waals surface area contributed by atoms with Gasteiger partial charge in [0.2, 0.25) is 5.91 Å². The maximum Gasteiger partial charge on any atom is 0.221 e. The van der Waals surface area contributed by atoms with Crippen molar-refractivity contribution in [2.75, 3.05) is 39.9 Å². The Hall–Kier alpha value is -2.12. The number of benzene rings is 1. The van der Waals surface area contributed by atoms with Crippen LogP contribution in [0.1, 0.15) is 37.3 Å². The number of carbonyl (C=O) groups is 1. The van der Waals surface area contributed by atoms with Crippen LogP contribution in [0.3, 0.4) is 0 Å². The lowest BCUT2D eigenvalue weighted by molar-refractivity contribution is -0.123. The van der Waals surface area contributed by atoms with Gasteiger partial charge in [-0.1, -0.05) is 24.3 Å². The zero-order valence-corrected chi connectivity index (χ0v) is 17.2. The standard InChI is InChI=1S/C21H35N5O2/c1-3-23-21(24-10-6-12-28-2)25-14-17-7-4-8-18(13-17)15-26-11-5-9-19(16-26)20(22)27/h4,7-8,13,19H,3,5-6,9-12,14-16H2,1-2H3,(H2,22,27)(H2,23,24,25). The second-order valence-corrected chi connectivity index (χ2v) is 7.26. The first kappa shape index (κ1) is 22.2. The Morgan fingerprint density at radius 1 is 1.36 bits per heavy atom. The number of ether oxygens (including phenoxy) is 1. The van der Waals surface area contributed by atoms with Gasteiger partial charge in [0.05, 0.1) is 12.5 Å². The summed E-state index contributed by atoms with van der Waals surface area (Å²) in [5.74, 6) is 0.625. The van der Waals surface area contributed by atoms with E-state index in [1.54, 1.807) is 7.11 Å². The lowest BCUT2D eigenvalue weighted by Crippen LogP contribution is -2.40. The molecule has 1 aromatic rings. The summed E-state index contributed by atoms with van der Waals surface area (Å²) in [6.07, 6.45) is 2.88. The summed E-state index contributed by atoms with van der Waals surface area (Å²) in [6.45, 7) is 7.69. The van der Waals surface area contributed by atoms with Crippen molar-refractivity contribution in [2.45, 2.75) is 39.3 Å². The van der Waals surface area contributed by atoms with Gasteiger partial charge < -0.3 is 21.1 Å². The van der Waals surface area contributed by atoms with E-state index in [1.165, 1.54) is 11.1 Å². The van der Waals surface area contributed by atoms with Crippen LogP contribution in [-0.4, -0.2) is 56.7 Å². The predicted molar refractivity (Wildman–Crippen MR) is 113 cm³/mol. The minimum absolute atomic E-state index is 0.0200. The molecule has 7 nitrogen and oxygen atoms in total. The average Bonchev–Trinajstić information content (AvgIpc) is 2.70. The largest absolute Gasteiger partial charge is 0.385 e. The monoisotopic (exact) mass is 389 g/mol. The Morgan fingerprint density at radius 3 is 2.93 bits per heavy atom. The van der Waals surface area contributed by atoms with E-state index in [4.69, 9.17) is 10.5 Å². The summed E-state index contributed by atoms with van der Waals surface area (Å²) in [4.78, 5) is 18.5. The number of hydrogen-bond donors (Lipinski definition) is 3. The fourth-order valence-electron chi connectivity index (χ4n) is 3.45. The Bertz CT molecular complexity index is 635. The van der Waals surface area contributed by atoms with Gasteiger partial charge in [-0.05, 0) is 43.9 Å². The molecule has 1 aliphatic heterocycles. The molecule has 0 radical (unpaired) electrons. The number of nitrogens with two attached hydrogens (primary N) is 1. The summed E-state index contributed by atoms with van der Waals surface area (Å²) in [5.41, 5.74) is 7.91. The second kappa shape index (κ2) is 12.4. The van der Waals surface area contributed by atoms with E-state index in [0.29, 0.717) is 6.54 Å². The lowest BCUT2D eigenvalue weighted by atomic mass is 9.97. The number of amides is 1. The molecule has 0 aliphatic carbocycles. The van der Waals surface area contributed by atoms with Crippen LogP contribution in [0.25, 0.3) is 0 Å².